The molecule has 0 spiro atoms. The number of hydrogen-bond donors (Lipinski definition) is 2. The van der Waals surface area contributed by atoms with E-state index in [1.165, 1.54) is 0 Å². The first-order valence-corrected chi connectivity index (χ1v) is 6.45. The van der Waals surface area contributed by atoms with Crippen LogP contribution in [0.25, 0.3) is 0 Å². The predicted molar refractivity (Wildman–Crippen MR) is 63.4 cm³/mol. The van der Waals surface area contributed by atoms with E-state index in [1.807, 2.05) is 0 Å². The van der Waals surface area contributed by atoms with Gasteiger partial charge in [0.1, 0.15) is 0 Å². The number of nitrogens with zero attached hydrogens (tertiary/aromatic N) is 1. The SMILES string of the molecule is CCN(CC)CCSCC(O)CC(=O)O. The Balaban J connectivity index is 3.40. The quantitative estimate of drug-likeness (QED) is 0.581. The molecule has 2 N–H and O–H groups in total. The van der Waals surface area contributed by atoms with Crippen molar-refractivity contribution in [1.29, 1.82) is 0 Å². The average Bonchev–Trinajstić information content (AvgIpc) is 2.17. The molecule has 15 heavy (non-hydrogen) atoms. The van der Waals surface area contributed by atoms with E-state index in [4.69, 9.17) is 5.11 Å². The van der Waals surface area contributed by atoms with Crippen LogP contribution in [0.1, 0.15) is 20.3 Å². The zero-order chi connectivity index (χ0) is 11.7. The summed E-state index contributed by atoms with van der Waals surface area (Å²) in [6.07, 6.45) is -0.873. The van der Waals surface area contributed by atoms with Crippen molar-refractivity contribution in [2.24, 2.45) is 0 Å². The lowest BCUT2D eigenvalue weighted by Gasteiger charge is -2.17. The molecule has 0 aromatic rings. The van der Waals surface area contributed by atoms with Gasteiger partial charge in [0.25, 0.3) is 0 Å². The number of thioether (sulfide) groups is 1. The molecule has 0 radical (unpaired) electrons. The standard InChI is InChI=1S/C10H21NO3S/c1-3-11(4-2)5-6-15-8-9(12)7-10(13)14/h9,12H,3-8H2,1-2H3,(H,13,14). The van der Waals surface area contributed by atoms with E-state index >= 15 is 0 Å². The minimum absolute atomic E-state index is 0.154. The third-order valence-electron chi connectivity index (χ3n) is 2.17. The highest BCUT2D eigenvalue weighted by molar-refractivity contribution is 7.99. The zero-order valence-corrected chi connectivity index (χ0v) is 10.3. The van der Waals surface area contributed by atoms with Crippen molar-refractivity contribution >= 4 is 17.7 Å². The van der Waals surface area contributed by atoms with Gasteiger partial charge in [-0.25, -0.2) is 0 Å². The number of carboxylic acid groups (broad SMARTS) is 1. The molecule has 0 aliphatic heterocycles. The molecular formula is C10H21NO3S. The zero-order valence-electron chi connectivity index (χ0n) is 9.48. The van der Waals surface area contributed by atoms with Crippen LogP contribution in [0.3, 0.4) is 0 Å². The van der Waals surface area contributed by atoms with Gasteiger partial charge in [-0.1, -0.05) is 13.8 Å². The third-order valence-corrected chi connectivity index (χ3v) is 3.26. The smallest absolute Gasteiger partial charge is 0.306 e. The van der Waals surface area contributed by atoms with Crippen molar-refractivity contribution < 1.29 is 15.0 Å². The normalized spacial score (nSPS) is 13.1. The molecule has 4 nitrogen and oxygen atoms in total. The average molecular weight is 235 g/mol. The summed E-state index contributed by atoms with van der Waals surface area (Å²) in [6.45, 7) is 7.31. The van der Waals surface area contributed by atoms with Gasteiger partial charge >= 0.3 is 5.97 Å². The van der Waals surface area contributed by atoms with Gasteiger partial charge in [-0.15, -0.1) is 0 Å². The van der Waals surface area contributed by atoms with Crippen LogP contribution in [-0.4, -0.2) is 58.3 Å². The van der Waals surface area contributed by atoms with Crippen molar-refractivity contribution in [3.05, 3.63) is 0 Å². The molecule has 0 amide bonds. The summed E-state index contributed by atoms with van der Waals surface area (Å²) in [5.74, 6) is 0.512. The minimum Gasteiger partial charge on any atom is -0.481 e. The van der Waals surface area contributed by atoms with Crippen LogP contribution in [0, 0.1) is 0 Å². The number of hydrogen-bond acceptors (Lipinski definition) is 4. The summed E-state index contributed by atoms with van der Waals surface area (Å²) in [5, 5.41) is 17.7. The topological polar surface area (TPSA) is 60.8 Å². The molecule has 0 saturated heterocycles. The van der Waals surface area contributed by atoms with Gasteiger partial charge in [-0.3, -0.25) is 4.79 Å². The summed E-state index contributed by atoms with van der Waals surface area (Å²) in [6, 6.07) is 0. The van der Waals surface area contributed by atoms with Crippen molar-refractivity contribution in [3.8, 4) is 0 Å². The Morgan fingerprint density at radius 2 is 2.00 bits per heavy atom. The van der Waals surface area contributed by atoms with E-state index in [1.54, 1.807) is 11.8 Å². The molecule has 0 aliphatic carbocycles. The van der Waals surface area contributed by atoms with Gasteiger partial charge in [-0.05, 0) is 13.1 Å². The highest BCUT2D eigenvalue weighted by atomic mass is 32.2. The number of carbonyl (C=O) groups is 1. The maximum Gasteiger partial charge on any atom is 0.306 e. The van der Waals surface area contributed by atoms with Gasteiger partial charge in [0.2, 0.25) is 0 Å². The first kappa shape index (κ1) is 14.7. The Morgan fingerprint density at radius 3 is 2.47 bits per heavy atom. The van der Waals surface area contributed by atoms with Crippen LogP contribution in [0.15, 0.2) is 0 Å². The summed E-state index contributed by atoms with van der Waals surface area (Å²) >= 11 is 1.61. The second-order valence-corrected chi connectivity index (χ2v) is 4.50. The van der Waals surface area contributed by atoms with Gasteiger partial charge < -0.3 is 15.1 Å². The van der Waals surface area contributed by atoms with Crippen LogP contribution in [0.2, 0.25) is 0 Å². The first-order chi connectivity index (χ1) is 7.10. The van der Waals surface area contributed by atoms with Crippen LogP contribution >= 0.6 is 11.8 Å². The van der Waals surface area contributed by atoms with Crippen molar-refractivity contribution in [1.82, 2.24) is 4.90 Å². The minimum atomic E-state index is -0.938. The molecule has 0 heterocycles. The second kappa shape index (κ2) is 9.00. The fraction of sp³-hybridized carbons (Fsp3) is 0.900. The highest BCUT2D eigenvalue weighted by Crippen LogP contribution is 2.06. The first-order valence-electron chi connectivity index (χ1n) is 5.30. The van der Waals surface area contributed by atoms with Gasteiger partial charge in [-0.2, -0.15) is 11.8 Å². The number of rotatable bonds is 9. The monoisotopic (exact) mass is 235 g/mol. The lowest BCUT2D eigenvalue weighted by Crippen LogP contribution is -2.26. The molecule has 0 saturated carbocycles. The maximum absolute atomic E-state index is 10.3. The lowest BCUT2D eigenvalue weighted by atomic mass is 10.3. The van der Waals surface area contributed by atoms with Crippen LogP contribution < -0.4 is 0 Å². The maximum atomic E-state index is 10.3. The summed E-state index contributed by atoms with van der Waals surface area (Å²) in [4.78, 5) is 12.6. The molecule has 90 valence electrons. The third kappa shape index (κ3) is 8.72. The van der Waals surface area contributed by atoms with Crippen LogP contribution in [-0.2, 0) is 4.79 Å². The van der Waals surface area contributed by atoms with E-state index in [-0.39, 0.29) is 6.42 Å². The van der Waals surface area contributed by atoms with E-state index in [0.29, 0.717) is 5.75 Å². The Kier molecular flexibility index (Phi) is 8.85. The molecule has 5 heteroatoms. The van der Waals surface area contributed by atoms with E-state index in [2.05, 4.69) is 18.7 Å². The molecule has 0 aromatic heterocycles. The van der Waals surface area contributed by atoms with Gasteiger partial charge in [0.05, 0.1) is 12.5 Å². The molecule has 0 bridgehead atoms. The van der Waals surface area contributed by atoms with Crippen LogP contribution in [0.4, 0.5) is 0 Å². The Morgan fingerprint density at radius 1 is 1.40 bits per heavy atom. The number of aliphatic carboxylic acids is 1. The molecular weight excluding hydrogens is 214 g/mol. The van der Waals surface area contributed by atoms with Gasteiger partial charge in [0.15, 0.2) is 0 Å². The summed E-state index contributed by atoms with van der Waals surface area (Å²) in [5.41, 5.74) is 0. The Hall–Kier alpha value is -0.260. The fourth-order valence-corrected chi connectivity index (χ4v) is 2.16. The molecule has 0 aromatic carbocycles. The number of carboxylic acids is 1. The largest absolute Gasteiger partial charge is 0.481 e. The number of aliphatic hydroxyl groups is 1. The molecule has 0 aliphatic rings. The molecule has 0 fully saturated rings. The fourth-order valence-electron chi connectivity index (χ4n) is 1.21. The molecule has 1 atom stereocenters. The van der Waals surface area contributed by atoms with E-state index < -0.39 is 12.1 Å². The Bertz CT molecular complexity index is 174. The predicted octanol–water partition coefficient (Wildman–Crippen LogP) is 0.897. The lowest BCUT2D eigenvalue weighted by molar-refractivity contribution is -0.138. The van der Waals surface area contributed by atoms with E-state index in [0.717, 1.165) is 25.4 Å². The summed E-state index contributed by atoms with van der Waals surface area (Å²) in [7, 11) is 0. The van der Waals surface area contributed by atoms with E-state index in [9.17, 15) is 9.90 Å². The van der Waals surface area contributed by atoms with Crippen LogP contribution in [0.5, 0.6) is 0 Å². The summed E-state index contributed by atoms with van der Waals surface area (Å²) < 4.78 is 0. The number of aliphatic hydroxyl groups excluding tert-OH is 1. The van der Waals surface area contributed by atoms with Crippen molar-refractivity contribution in [2.75, 3.05) is 31.1 Å². The van der Waals surface area contributed by atoms with Crippen molar-refractivity contribution in [3.63, 3.8) is 0 Å². The highest BCUT2D eigenvalue weighted by Gasteiger charge is 2.09. The van der Waals surface area contributed by atoms with Gasteiger partial charge in [0, 0.05) is 18.1 Å². The molecule has 0 rings (SSSR count). The second-order valence-electron chi connectivity index (χ2n) is 3.35. The van der Waals surface area contributed by atoms with Crippen molar-refractivity contribution in [2.45, 2.75) is 26.4 Å². The Labute approximate surface area is 95.7 Å². The molecule has 1 unspecified atom stereocenters.